The van der Waals surface area contributed by atoms with Crippen molar-refractivity contribution in [1.82, 2.24) is 10.4 Å². The molecule has 1 heterocycles. The van der Waals surface area contributed by atoms with Gasteiger partial charge in [-0.1, -0.05) is 24.3 Å². The minimum Gasteiger partial charge on any atom is -0.358 e. The van der Waals surface area contributed by atoms with Crippen molar-refractivity contribution in [3.8, 4) is 0 Å². The second-order valence-electron chi connectivity index (χ2n) is 6.85. The first-order valence-electron chi connectivity index (χ1n) is 9.20. The van der Waals surface area contributed by atoms with Crippen LogP contribution in [0, 0.1) is 20.8 Å². The summed E-state index contributed by atoms with van der Waals surface area (Å²) in [5.74, 6) is -0.501. The van der Waals surface area contributed by atoms with Crippen LogP contribution in [0.3, 0.4) is 0 Å². The molecular formula is C22H24N4O2. The Balaban J connectivity index is 1.50. The molecule has 0 saturated carbocycles. The summed E-state index contributed by atoms with van der Waals surface area (Å²) in [6.45, 7) is 5.97. The Hall–Kier alpha value is -3.41. The number of aryl methyl sites for hydroxylation is 3. The van der Waals surface area contributed by atoms with Crippen LogP contribution in [-0.4, -0.2) is 23.0 Å². The number of carbonyl (C=O) groups excluding carboxylic acids is 2. The van der Waals surface area contributed by atoms with Gasteiger partial charge >= 0.3 is 0 Å². The number of carbonyl (C=O) groups is 2. The maximum absolute atomic E-state index is 12.0. The molecule has 3 rings (SSSR count). The van der Waals surface area contributed by atoms with E-state index in [1.54, 1.807) is 6.21 Å². The number of hydrazone groups is 1. The summed E-state index contributed by atoms with van der Waals surface area (Å²) in [5, 5.41) is 7.89. The van der Waals surface area contributed by atoms with E-state index in [4.69, 9.17) is 0 Å². The first kappa shape index (κ1) is 19.4. The fraction of sp³-hybridized carbons (Fsp3) is 0.227. The second-order valence-corrected chi connectivity index (χ2v) is 6.85. The predicted molar refractivity (Wildman–Crippen MR) is 113 cm³/mol. The Labute approximate surface area is 164 Å². The molecule has 0 unspecified atom stereocenters. The van der Waals surface area contributed by atoms with Gasteiger partial charge in [0.2, 0.25) is 11.8 Å². The van der Waals surface area contributed by atoms with E-state index in [2.05, 4.69) is 20.8 Å². The third-order valence-electron chi connectivity index (χ3n) is 4.70. The second kappa shape index (κ2) is 8.52. The number of fused-ring (bicyclic) bond motifs is 1. The van der Waals surface area contributed by atoms with E-state index in [9.17, 15) is 9.59 Å². The fourth-order valence-corrected chi connectivity index (χ4v) is 2.96. The largest absolute Gasteiger partial charge is 0.358 e. The summed E-state index contributed by atoms with van der Waals surface area (Å²) < 4.78 is 0. The highest BCUT2D eigenvalue weighted by atomic mass is 16.2. The average molecular weight is 376 g/mol. The Morgan fingerprint density at radius 3 is 2.54 bits per heavy atom. The molecule has 0 spiro atoms. The molecule has 0 bridgehead atoms. The maximum Gasteiger partial charge on any atom is 0.240 e. The summed E-state index contributed by atoms with van der Waals surface area (Å²) in [5.41, 5.74) is 8.43. The summed E-state index contributed by atoms with van der Waals surface area (Å²) in [6, 6.07) is 13.6. The predicted octanol–water partition coefficient (Wildman–Crippen LogP) is 3.96. The van der Waals surface area contributed by atoms with Gasteiger partial charge in [-0.2, -0.15) is 5.10 Å². The molecule has 3 N–H and O–H groups in total. The number of para-hydroxylation sites is 1. The topological polar surface area (TPSA) is 86.3 Å². The first-order valence-corrected chi connectivity index (χ1v) is 9.20. The average Bonchev–Trinajstić information content (AvgIpc) is 2.98. The fourth-order valence-electron chi connectivity index (χ4n) is 2.96. The highest BCUT2D eigenvalue weighted by molar-refractivity contribution is 6.01. The van der Waals surface area contributed by atoms with Gasteiger partial charge in [0, 0.05) is 40.7 Å². The highest BCUT2D eigenvalue weighted by Gasteiger charge is 2.08. The number of anilines is 1. The van der Waals surface area contributed by atoms with Gasteiger partial charge in [-0.3, -0.25) is 9.59 Å². The van der Waals surface area contributed by atoms with E-state index < -0.39 is 0 Å². The maximum atomic E-state index is 12.0. The van der Waals surface area contributed by atoms with Crippen molar-refractivity contribution in [2.45, 2.75) is 33.6 Å². The van der Waals surface area contributed by atoms with Gasteiger partial charge in [0.15, 0.2) is 0 Å². The minimum atomic E-state index is -0.302. The van der Waals surface area contributed by atoms with Crippen LogP contribution >= 0.6 is 0 Å². The van der Waals surface area contributed by atoms with Crippen LogP contribution in [0.2, 0.25) is 0 Å². The molecule has 28 heavy (non-hydrogen) atoms. The van der Waals surface area contributed by atoms with E-state index in [0.717, 1.165) is 33.4 Å². The molecule has 3 aromatic rings. The van der Waals surface area contributed by atoms with Crippen molar-refractivity contribution in [3.05, 3.63) is 64.8 Å². The van der Waals surface area contributed by atoms with Gasteiger partial charge in [0.1, 0.15) is 0 Å². The molecule has 0 fully saturated rings. The molecule has 0 saturated heterocycles. The number of aromatic nitrogens is 1. The van der Waals surface area contributed by atoms with E-state index in [1.807, 2.05) is 63.2 Å². The Morgan fingerprint density at radius 1 is 1.00 bits per heavy atom. The molecule has 0 atom stereocenters. The summed E-state index contributed by atoms with van der Waals surface area (Å²) in [7, 11) is 0. The molecule has 2 aromatic carbocycles. The normalized spacial score (nSPS) is 11.1. The summed E-state index contributed by atoms with van der Waals surface area (Å²) in [4.78, 5) is 27.3. The van der Waals surface area contributed by atoms with Crippen LogP contribution in [0.25, 0.3) is 10.9 Å². The van der Waals surface area contributed by atoms with E-state index in [1.165, 1.54) is 5.56 Å². The lowest BCUT2D eigenvalue weighted by Gasteiger charge is -2.07. The smallest absolute Gasteiger partial charge is 0.240 e. The molecule has 0 aliphatic carbocycles. The number of nitrogens with one attached hydrogen (secondary N) is 3. The van der Waals surface area contributed by atoms with Crippen molar-refractivity contribution < 1.29 is 9.59 Å². The molecule has 2 amide bonds. The lowest BCUT2D eigenvalue weighted by Crippen LogP contribution is -2.20. The van der Waals surface area contributed by atoms with Crippen molar-refractivity contribution in [3.63, 3.8) is 0 Å². The standard InChI is InChI=1S/C22H24N4O2/c1-14-8-9-17(12-15(14)2)25-21(27)10-11-22(28)26-23-13-19-16(3)24-20-7-5-4-6-18(19)20/h4-9,12-13,24H,10-11H2,1-3H3,(H,25,27)(H,26,28). The Kier molecular flexibility index (Phi) is 5.89. The van der Waals surface area contributed by atoms with Gasteiger partial charge < -0.3 is 10.3 Å². The number of hydrogen-bond acceptors (Lipinski definition) is 3. The van der Waals surface area contributed by atoms with Crippen LogP contribution in [-0.2, 0) is 9.59 Å². The molecule has 6 nitrogen and oxygen atoms in total. The molecule has 0 radical (unpaired) electrons. The SMILES string of the molecule is Cc1ccc(NC(=O)CCC(=O)NN=Cc2c(C)[nH]c3ccccc23)cc1C. The van der Waals surface area contributed by atoms with Crippen LogP contribution in [0.15, 0.2) is 47.6 Å². The number of H-pyrrole nitrogens is 1. The van der Waals surface area contributed by atoms with Crippen molar-refractivity contribution >= 4 is 34.6 Å². The minimum absolute atomic E-state index is 0.0703. The van der Waals surface area contributed by atoms with Gasteiger partial charge in [0.25, 0.3) is 0 Å². The van der Waals surface area contributed by atoms with Gasteiger partial charge in [-0.25, -0.2) is 5.43 Å². The lowest BCUT2D eigenvalue weighted by molar-refractivity contribution is -0.124. The van der Waals surface area contributed by atoms with Crippen LogP contribution in [0.5, 0.6) is 0 Å². The Morgan fingerprint density at radius 2 is 1.75 bits per heavy atom. The number of aromatic amines is 1. The van der Waals surface area contributed by atoms with Crippen molar-refractivity contribution in [2.24, 2.45) is 5.10 Å². The quantitative estimate of drug-likeness (QED) is 0.449. The summed E-state index contributed by atoms with van der Waals surface area (Å²) >= 11 is 0. The monoisotopic (exact) mass is 376 g/mol. The molecule has 0 aliphatic rings. The number of amides is 2. The van der Waals surface area contributed by atoms with Gasteiger partial charge in [-0.15, -0.1) is 0 Å². The molecular weight excluding hydrogens is 352 g/mol. The zero-order valence-corrected chi connectivity index (χ0v) is 16.3. The third kappa shape index (κ3) is 4.65. The first-order chi connectivity index (χ1) is 13.4. The molecule has 144 valence electrons. The van der Waals surface area contributed by atoms with Crippen LogP contribution < -0.4 is 10.7 Å². The number of rotatable bonds is 6. The van der Waals surface area contributed by atoms with Crippen molar-refractivity contribution in [2.75, 3.05) is 5.32 Å². The molecule has 0 aliphatic heterocycles. The van der Waals surface area contributed by atoms with Crippen molar-refractivity contribution in [1.29, 1.82) is 0 Å². The number of nitrogens with zero attached hydrogens (tertiary/aromatic N) is 1. The summed E-state index contributed by atoms with van der Waals surface area (Å²) in [6.07, 6.45) is 1.79. The highest BCUT2D eigenvalue weighted by Crippen LogP contribution is 2.19. The molecule has 6 heteroatoms. The third-order valence-corrected chi connectivity index (χ3v) is 4.70. The van der Waals surface area contributed by atoms with Crippen LogP contribution in [0.1, 0.15) is 35.2 Å². The lowest BCUT2D eigenvalue weighted by atomic mass is 10.1. The van der Waals surface area contributed by atoms with E-state index in [-0.39, 0.29) is 24.7 Å². The Bertz CT molecular complexity index is 1050. The number of benzene rings is 2. The zero-order chi connectivity index (χ0) is 20.1. The van der Waals surface area contributed by atoms with E-state index >= 15 is 0 Å². The zero-order valence-electron chi connectivity index (χ0n) is 16.3. The van der Waals surface area contributed by atoms with Gasteiger partial charge in [0.05, 0.1) is 6.21 Å². The molecule has 1 aromatic heterocycles. The van der Waals surface area contributed by atoms with Gasteiger partial charge in [-0.05, 0) is 50.1 Å². The number of hydrogen-bond donors (Lipinski definition) is 3. The van der Waals surface area contributed by atoms with Crippen LogP contribution in [0.4, 0.5) is 5.69 Å². The van der Waals surface area contributed by atoms with E-state index in [0.29, 0.717) is 0 Å².